The normalized spacial score (nSPS) is 10.0. The van der Waals surface area contributed by atoms with E-state index in [9.17, 15) is 4.79 Å². The smallest absolute Gasteiger partial charge is 0.229 e. The van der Waals surface area contributed by atoms with Crippen molar-refractivity contribution in [1.82, 2.24) is 9.97 Å². The van der Waals surface area contributed by atoms with E-state index < -0.39 is 0 Å². The van der Waals surface area contributed by atoms with Crippen LogP contribution in [0.15, 0.2) is 36.7 Å². The summed E-state index contributed by atoms with van der Waals surface area (Å²) in [5.41, 5.74) is 1.43. The molecule has 2 aromatic rings. The molecule has 0 aliphatic heterocycles. The van der Waals surface area contributed by atoms with Gasteiger partial charge in [-0.3, -0.25) is 4.79 Å². The van der Waals surface area contributed by atoms with Crippen molar-refractivity contribution in [2.45, 2.75) is 13.3 Å². The Bertz CT molecular complexity index is 567. The quantitative estimate of drug-likeness (QED) is 0.909. The predicted octanol–water partition coefficient (Wildman–Crippen LogP) is 1.97. The van der Waals surface area contributed by atoms with Gasteiger partial charge in [-0.1, -0.05) is 18.2 Å². The molecule has 0 spiro atoms. The van der Waals surface area contributed by atoms with Gasteiger partial charge in [-0.25, -0.2) is 9.97 Å². The second kappa shape index (κ2) is 5.95. The summed E-state index contributed by atoms with van der Waals surface area (Å²) in [5.74, 6) is 1.25. The summed E-state index contributed by atoms with van der Waals surface area (Å²) >= 11 is 0. The maximum absolute atomic E-state index is 11.9. The average molecular weight is 257 g/mol. The van der Waals surface area contributed by atoms with E-state index in [1.54, 1.807) is 26.4 Å². The summed E-state index contributed by atoms with van der Waals surface area (Å²) in [6, 6.07) is 7.44. The van der Waals surface area contributed by atoms with E-state index in [1.807, 2.05) is 24.3 Å². The summed E-state index contributed by atoms with van der Waals surface area (Å²) in [6.07, 6.45) is 3.42. The summed E-state index contributed by atoms with van der Waals surface area (Å²) in [4.78, 5) is 20.0. The predicted molar refractivity (Wildman–Crippen MR) is 72.1 cm³/mol. The molecule has 1 heterocycles. The number of para-hydroxylation sites is 1. The minimum absolute atomic E-state index is 0.128. The third kappa shape index (κ3) is 3.51. The molecular formula is C14H15N3O2. The van der Waals surface area contributed by atoms with E-state index >= 15 is 0 Å². The molecule has 5 nitrogen and oxygen atoms in total. The zero-order valence-corrected chi connectivity index (χ0v) is 10.9. The van der Waals surface area contributed by atoms with E-state index in [0.29, 0.717) is 17.3 Å². The first-order valence-corrected chi connectivity index (χ1v) is 5.89. The van der Waals surface area contributed by atoms with Gasteiger partial charge in [0.1, 0.15) is 11.6 Å². The summed E-state index contributed by atoms with van der Waals surface area (Å²) < 4.78 is 5.21. The van der Waals surface area contributed by atoms with E-state index in [0.717, 1.165) is 5.56 Å². The zero-order valence-electron chi connectivity index (χ0n) is 10.9. The van der Waals surface area contributed by atoms with Crippen LogP contribution < -0.4 is 10.1 Å². The lowest BCUT2D eigenvalue weighted by molar-refractivity contribution is -0.115. The molecule has 2 rings (SSSR count). The molecule has 0 saturated heterocycles. The first-order valence-electron chi connectivity index (χ1n) is 5.89. The van der Waals surface area contributed by atoms with Crippen molar-refractivity contribution in [2.24, 2.45) is 0 Å². The second-order valence-corrected chi connectivity index (χ2v) is 4.06. The van der Waals surface area contributed by atoms with Gasteiger partial charge in [0.2, 0.25) is 5.91 Å². The van der Waals surface area contributed by atoms with Gasteiger partial charge in [0, 0.05) is 5.56 Å². The fourth-order valence-corrected chi connectivity index (χ4v) is 1.68. The number of benzene rings is 1. The van der Waals surface area contributed by atoms with Gasteiger partial charge in [0.15, 0.2) is 0 Å². The number of carbonyl (C=O) groups excluding carboxylic acids is 1. The zero-order chi connectivity index (χ0) is 13.7. The number of amides is 1. The Labute approximate surface area is 111 Å². The Morgan fingerprint density at radius 3 is 2.63 bits per heavy atom. The molecule has 1 aromatic carbocycles. The number of carbonyl (C=O) groups is 1. The highest BCUT2D eigenvalue weighted by Crippen LogP contribution is 2.18. The van der Waals surface area contributed by atoms with Crippen LogP contribution in [0.25, 0.3) is 0 Å². The first-order chi connectivity index (χ1) is 9.19. The number of nitrogens with one attached hydrogen (secondary N) is 1. The summed E-state index contributed by atoms with van der Waals surface area (Å²) in [5, 5.41) is 2.75. The van der Waals surface area contributed by atoms with Crippen LogP contribution in [0.4, 0.5) is 5.69 Å². The topological polar surface area (TPSA) is 64.1 Å². The van der Waals surface area contributed by atoms with Crippen molar-refractivity contribution in [3.05, 3.63) is 48.0 Å². The maximum atomic E-state index is 11.9. The van der Waals surface area contributed by atoms with Crippen molar-refractivity contribution < 1.29 is 9.53 Å². The van der Waals surface area contributed by atoms with Crippen molar-refractivity contribution in [3.8, 4) is 5.75 Å². The third-order valence-electron chi connectivity index (χ3n) is 2.61. The van der Waals surface area contributed by atoms with Gasteiger partial charge in [0.05, 0.1) is 31.6 Å². The number of hydrogen-bond donors (Lipinski definition) is 1. The molecule has 0 fully saturated rings. The molecule has 0 saturated carbocycles. The van der Waals surface area contributed by atoms with E-state index in [4.69, 9.17) is 4.74 Å². The van der Waals surface area contributed by atoms with Gasteiger partial charge in [0.25, 0.3) is 0 Å². The van der Waals surface area contributed by atoms with Gasteiger partial charge >= 0.3 is 0 Å². The Morgan fingerprint density at radius 2 is 1.95 bits per heavy atom. The van der Waals surface area contributed by atoms with Crippen molar-refractivity contribution in [1.29, 1.82) is 0 Å². The minimum atomic E-state index is -0.128. The molecule has 0 bridgehead atoms. The minimum Gasteiger partial charge on any atom is -0.496 e. The number of methoxy groups -OCH3 is 1. The molecule has 0 aliphatic rings. The number of aryl methyl sites for hydroxylation is 1. The van der Waals surface area contributed by atoms with Crippen molar-refractivity contribution in [2.75, 3.05) is 12.4 Å². The highest BCUT2D eigenvalue weighted by atomic mass is 16.5. The highest BCUT2D eigenvalue weighted by molar-refractivity contribution is 5.92. The fraction of sp³-hybridized carbons (Fsp3) is 0.214. The van der Waals surface area contributed by atoms with Crippen LogP contribution >= 0.6 is 0 Å². The molecule has 0 unspecified atom stereocenters. The van der Waals surface area contributed by atoms with Gasteiger partial charge in [-0.15, -0.1) is 0 Å². The molecule has 1 amide bonds. The van der Waals surface area contributed by atoms with Crippen molar-refractivity contribution in [3.63, 3.8) is 0 Å². The SMILES string of the molecule is COc1ccccc1CC(=O)Nc1cnc(C)nc1. The van der Waals surface area contributed by atoms with Crippen LogP contribution in [0.3, 0.4) is 0 Å². The first kappa shape index (κ1) is 13.0. The van der Waals surface area contributed by atoms with Crippen LogP contribution in [0.1, 0.15) is 11.4 Å². The lowest BCUT2D eigenvalue weighted by Gasteiger charge is -2.08. The summed E-state index contributed by atoms with van der Waals surface area (Å²) in [7, 11) is 1.59. The van der Waals surface area contributed by atoms with Crippen molar-refractivity contribution >= 4 is 11.6 Å². The summed E-state index contributed by atoms with van der Waals surface area (Å²) in [6.45, 7) is 1.79. The molecule has 0 radical (unpaired) electrons. The average Bonchev–Trinajstić information content (AvgIpc) is 2.42. The van der Waals surface area contributed by atoms with E-state index in [2.05, 4.69) is 15.3 Å². The molecule has 98 valence electrons. The molecule has 0 atom stereocenters. The number of hydrogen-bond acceptors (Lipinski definition) is 4. The monoisotopic (exact) mass is 257 g/mol. The van der Waals surface area contributed by atoms with E-state index in [-0.39, 0.29) is 12.3 Å². The lowest BCUT2D eigenvalue weighted by atomic mass is 10.1. The van der Waals surface area contributed by atoms with Crippen LogP contribution in [0.5, 0.6) is 5.75 Å². The highest BCUT2D eigenvalue weighted by Gasteiger charge is 2.08. The molecule has 5 heteroatoms. The Kier molecular flexibility index (Phi) is 4.07. The molecule has 1 N–H and O–H groups in total. The molecule has 1 aromatic heterocycles. The Balaban J connectivity index is 2.03. The lowest BCUT2D eigenvalue weighted by Crippen LogP contribution is -2.15. The number of nitrogens with zero attached hydrogens (tertiary/aromatic N) is 2. The maximum Gasteiger partial charge on any atom is 0.229 e. The molecular weight excluding hydrogens is 242 g/mol. The van der Waals surface area contributed by atoms with Crippen LogP contribution in [0.2, 0.25) is 0 Å². The van der Waals surface area contributed by atoms with Gasteiger partial charge in [-0.05, 0) is 13.0 Å². The largest absolute Gasteiger partial charge is 0.496 e. The van der Waals surface area contributed by atoms with Gasteiger partial charge < -0.3 is 10.1 Å². The Hall–Kier alpha value is -2.43. The van der Waals surface area contributed by atoms with Crippen LogP contribution in [0, 0.1) is 6.92 Å². The molecule has 19 heavy (non-hydrogen) atoms. The van der Waals surface area contributed by atoms with Crippen LogP contribution in [-0.2, 0) is 11.2 Å². The van der Waals surface area contributed by atoms with Crippen LogP contribution in [-0.4, -0.2) is 23.0 Å². The number of ether oxygens (including phenoxy) is 1. The standard InChI is InChI=1S/C14H15N3O2/c1-10-15-8-12(9-16-10)17-14(18)7-11-5-3-4-6-13(11)19-2/h3-6,8-9H,7H2,1-2H3,(H,17,18). The third-order valence-corrected chi connectivity index (χ3v) is 2.61. The molecule has 0 aliphatic carbocycles. The Morgan fingerprint density at radius 1 is 1.26 bits per heavy atom. The van der Waals surface area contributed by atoms with Gasteiger partial charge in [-0.2, -0.15) is 0 Å². The number of anilines is 1. The number of rotatable bonds is 4. The van der Waals surface area contributed by atoms with E-state index in [1.165, 1.54) is 0 Å². The second-order valence-electron chi connectivity index (χ2n) is 4.06. The number of aromatic nitrogens is 2. The fourth-order valence-electron chi connectivity index (χ4n) is 1.68.